The van der Waals surface area contributed by atoms with E-state index in [-0.39, 0.29) is 37.6 Å². The molecule has 1 aliphatic rings. The van der Waals surface area contributed by atoms with E-state index >= 15 is 0 Å². The third kappa shape index (κ3) is 4.35. The number of rotatable bonds is 7. The maximum absolute atomic E-state index is 11.6. The molecule has 2 N–H and O–H groups in total. The fourth-order valence-electron chi connectivity index (χ4n) is 1.90. The molecule has 1 atom stereocenters. The van der Waals surface area contributed by atoms with E-state index < -0.39 is 17.9 Å². The van der Waals surface area contributed by atoms with Gasteiger partial charge in [0.15, 0.2) is 0 Å². The van der Waals surface area contributed by atoms with Crippen LogP contribution >= 0.6 is 0 Å². The van der Waals surface area contributed by atoms with Gasteiger partial charge in [-0.05, 0) is 6.42 Å². The highest BCUT2D eigenvalue weighted by atomic mass is 16.4. The highest BCUT2D eigenvalue weighted by Gasteiger charge is 2.29. The summed E-state index contributed by atoms with van der Waals surface area (Å²) < 4.78 is 0. The van der Waals surface area contributed by atoms with E-state index in [0.717, 1.165) is 4.90 Å². The Morgan fingerprint density at radius 2 is 1.89 bits per heavy atom. The van der Waals surface area contributed by atoms with E-state index in [1.54, 1.807) is 0 Å². The highest BCUT2D eigenvalue weighted by molar-refractivity contribution is 6.02. The van der Waals surface area contributed by atoms with Crippen LogP contribution in [0, 0.1) is 0 Å². The lowest BCUT2D eigenvalue weighted by Gasteiger charge is -2.16. The maximum Gasteiger partial charge on any atom is 0.326 e. The lowest BCUT2D eigenvalue weighted by Crippen LogP contribution is -2.42. The van der Waals surface area contributed by atoms with Crippen molar-refractivity contribution in [2.45, 2.75) is 45.1 Å². The predicted octanol–water partition coefficient (Wildman–Crippen LogP) is -0.105. The van der Waals surface area contributed by atoms with Gasteiger partial charge in [0.2, 0.25) is 17.7 Å². The highest BCUT2D eigenvalue weighted by Crippen LogP contribution is 2.11. The molecule has 0 saturated carbocycles. The molecule has 0 aromatic rings. The monoisotopic (exact) mass is 270 g/mol. The zero-order valence-electron chi connectivity index (χ0n) is 10.8. The zero-order chi connectivity index (χ0) is 14.4. The number of carboxylic acid groups (broad SMARTS) is 1. The van der Waals surface area contributed by atoms with Gasteiger partial charge in [-0.1, -0.05) is 13.3 Å². The van der Waals surface area contributed by atoms with Gasteiger partial charge in [-0.3, -0.25) is 19.3 Å². The van der Waals surface area contributed by atoms with Crippen molar-refractivity contribution in [1.29, 1.82) is 0 Å². The first-order chi connectivity index (χ1) is 8.95. The molecule has 7 heteroatoms. The van der Waals surface area contributed by atoms with Gasteiger partial charge in [-0.25, -0.2) is 4.79 Å². The molecule has 0 aromatic carbocycles. The average Bonchev–Trinajstić information content (AvgIpc) is 2.66. The van der Waals surface area contributed by atoms with Crippen molar-refractivity contribution in [1.82, 2.24) is 10.2 Å². The van der Waals surface area contributed by atoms with Crippen LogP contribution in [-0.2, 0) is 19.2 Å². The molecule has 1 saturated heterocycles. The number of carbonyl (C=O) groups excluding carboxylic acids is 3. The Labute approximate surface area is 110 Å². The quantitative estimate of drug-likeness (QED) is 0.628. The smallest absolute Gasteiger partial charge is 0.326 e. The van der Waals surface area contributed by atoms with Gasteiger partial charge in [0, 0.05) is 25.8 Å². The third-order valence-corrected chi connectivity index (χ3v) is 2.93. The number of nitrogens with one attached hydrogen (secondary N) is 1. The lowest BCUT2D eigenvalue weighted by atomic mass is 10.1. The Morgan fingerprint density at radius 3 is 2.37 bits per heavy atom. The lowest BCUT2D eigenvalue weighted by molar-refractivity contribution is -0.143. The number of carbonyl (C=O) groups is 4. The molecular weight excluding hydrogens is 252 g/mol. The minimum absolute atomic E-state index is 0.0158. The predicted molar refractivity (Wildman–Crippen MR) is 65.0 cm³/mol. The Hall–Kier alpha value is -1.92. The van der Waals surface area contributed by atoms with Crippen molar-refractivity contribution >= 4 is 23.7 Å². The Morgan fingerprint density at radius 1 is 1.32 bits per heavy atom. The molecule has 1 heterocycles. The number of aliphatic carboxylic acids is 1. The number of nitrogens with zero attached hydrogens (tertiary/aromatic N) is 1. The van der Waals surface area contributed by atoms with Gasteiger partial charge in [0.1, 0.15) is 6.04 Å². The standard InChI is InChI=1S/C12H18N2O5/c1-2-3-8(12(18)19)13-9(15)6-7-14-10(16)4-5-11(14)17/h8H,2-7H2,1H3,(H,13,15)(H,18,19). The Bertz CT molecular complexity index is 378. The number of hydrogen-bond acceptors (Lipinski definition) is 4. The van der Waals surface area contributed by atoms with Crippen LogP contribution in [0.2, 0.25) is 0 Å². The first-order valence-electron chi connectivity index (χ1n) is 6.31. The van der Waals surface area contributed by atoms with Crippen LogP contribution in [0.4, 0.5) is 0 Å². The molecule has 0 aliphatic carbocycles. The number of likely N-dealkylation sites (tertiary alicyclic amines) is 1. The second-order valence-corrected chi connectivity index (χ2v) is 4.44. The van der Waals surface area contributed by atoms with Crippen molar-refractivity contribution in [3.05, 3.63) is 0 Å². The molecule has 1 aliphatic heterocycles. The molecule has 1 rings (SSSR count). The van der Waals surface area contributed by atoms with E-state index in [1.807, 2.05) is 6.92 Å². The molecule has 19 heavy (non-hydrogen) atoms. The Balaban J connectivity index is 2.40. The van der Waals surface area contributed by atoms with Crippen molar-refractivity contribution in [2.75, 3.05) is 6.54 Å². The minimum Gasteiger partial charge on any atom is -0.480 e. The second-order valence-electron chi connectivity index (χ2n) is 4.44. The number of imide groups is 1. The van der Waals surface area contributed by atoms with E-state index in [0.29, 0.717) is 12.8 Å². The first-order valence-corrected chi connectivity index (χ1v) is 6.31. The summed E-state index contributed by atoms with van der Waals surface area (Å²) in [5, 5.41) is 11.3. The molecule has 0 radical (unpaired) electrons. The number of hydrogen-bond donors (Lipinski definition) is 2. The van der Waals surface area contributed by atoms with Gasteiger partial charge < -0.3 is 10.4 Å². The number of carboxylic acids is 1. The summed E-state index contributed by atoms with van der Waals surface area (Å²) in [5.74, 6) is -2.10. The van der Waals surface area contributed by atoms with Crippen molar-refractivity contribution < 1.29 is 24.3 Å². The van der Waals surface area contributed by atoms with Crippen molar-refractivity contribution in [2.24, 2.45) is 0 Å². The number of amides is 3. The molecule has 0 bridgehead atoms. The first kappa shape index (κ1) is 15.1. The molecule has 7 nitrogen and oxygen atoms in total. The molecular formula is C12H18N2O5. The zero-order valence-corrected chi connectivity index (χ0v) is 10.8. The van der Waals surface area contributed by atoms with Crippen LogP contribution in [0.1, 0.15) is 39.0 Å². The molecule has 1 fully saturated rings. The van der Waals surface area contributed by atoms with E-state index in [2.05, 4.69) is 5.32 Å². The molecule has 1 unspecified atom stereocenters. The van der Waals surface area contributed by atoms with Crippen LogP contribution in [0.5, 0.6) is 0 Å². The summed E-state index contributed by atoms with van der Waals surface area (Å²) in [6.45, 7) is 1.84. The van der Waals surface area contributed by atoms with Crippen LogP contribution in [-0.4, -0.2) is 46.3 Å². The summed E-state index contributed by atoms with van der Waals surface area (Å²) in [6.07, 6.45) is 1.30. The average molecular weight is 270 g/mol. The van der Waals surface area contributed by atoms with Crippen molar-refractivity contribution in [3.63, 3.8) is 0 Å². The summed E-state index contributed by atoms with van der Waals surface area (Å²) in [7, 11) is 0. The van der Waals surface area contributed by atoms with Crippen LogP contribution in [0.25, 0.3) is 0 Å². The van der Waals surface area contributed by atoms with E-state index in [4.69, 9.17) is 5.11 Å². The molecule has 3 amide bonds. The fraction of sp³-hybridized carbons (Fsp3) is 0.667. The summed E-state index contributed by atoms with van der Waals surface area (Å²) >= 11 is 0. The molecule has 0 spiro atoms. The van der Waals surface area contributed by atoms with Gasteiger partial charge in [-0.2, -0.15) is 0 Å². The molecule has 106 valence electrons. The maximum atomic E-state index is 11.6. The summed E-state index contributed by atoms with van der Waals surface area (Å²) in [5.41, 5.74) is 0. The largest absolute Gasteiger partial charge is 0.480 e. The van der Waals surface area contributed by atoms with Crippen LogP contribution in [0.3, 0.4) is 0 Å². The summed E-state index contributed by atoms with van der Waals surface area (Å²) in [4.78, 5) is 46.1. The summed E-state index contributed by atoms with van der Waals surface area (Å²) in [6, 6.07) is -0.914. The normalized spacial score (nSPS) is 16.6. The van der Waals surface area contributed by atoms with Gasteiger partial charge >= 0.3 is 5.97 Å². The van der Waals surface area contributed by atoms with Gasteiger partial charge in [0.25, 0.3) is 0 Å². The molecule has 0 aromatic heterocycles. The van der Waals surface area contributed by atoms with E-state index in [1.165, 1.54) is 0 Å². The SMILES string of the molecule is CCCC(NC(=O)CCN1C(=O)CCC1=O)C(=O)O. The second kappa shape index (κ2) is 6.86. The van der Waals surface area contributed by atoms with Gasteiger partial charge in [0.05, 0.1) is 0 Å². The Kier molecular flexibility index (Phi) is 5.47. The van der Waals surface area contributed by atoms with E-state index in [9.17, 15) is 19.2 Å². The van der Waals surface area contributed by atoms with Crippen LogP contribution in [0.15, 0.2) is 0 Å². The van der Waals surface area contributed by atoms with Crippen molar-refractivity contribution in [3.8, 4) is 0 Å². The fourth-order valence-corrected chi connectivity index (χ4v) is 1.90. The third-order valence-electron chi connectivity index (χ3n) is 2.93. The topological polar surface area (TPSA) is 104 Å². The van der Waals surface area contributed by atoms with Gasteiger partial charge in [-0.15, -0.1) is 0 Å². The minimum atomic E-state index is -1.08. The van der Waals surface area contributed by atoms with Crippen LogP contribution < -0.4 is 5.32 Å².